The van der Waals surface area contributed by atoms with Crippen molar-refractivity contribution in [3.8, 4) is 11.4 Å². The van der Waals surface area contributed by atoms with Crippen LogP contribution in [0.2, 0.25) is 0 Å². The third-order valence-electron chi connectivity index (χ3n) is 4.87. The van der Waals surface area contributed by atoms with Crippen LogP contribution in [0.4, 0.5) is 0 Å². The number of aromatic nitrogens is 3. The molecule has 0 aliphatic carbocycles. The lowest BCUT2D eigenvalue weighted by molar-refractivity contribution is 0.306. The second-order valence-electron chi connectivity index (χ2n) is 7.24. The molecule has 1 N–H and O–H groups in total. The Bertz CT molecular complexity index is 1160. The van der Waals surface area contributed by atoms with Crippen LogP contribution in [-0.2, 0) is 6.61 Å². The van der Waals surface area contributed by atoms with Crippen LogP contribution in [0.3, 0.4) is 0 Å². The van der Waals surface area contributed by atoms with Gasteiger partial charge in [0.1, 0.15) is 12.4 Å². The number of hydrogen-bond acceptors (Lipinski definition) is 3. The van der Waals surface area contributed by atoms with Crippen LogP contribution in [-0.4, -0.2) is 14.5 Å². The molecule has 0 fully saturated rings. The number of hydrogen-bond donors (Lipinski definition) is 1. The molecule has 0 radical (unpaired) electrons. The zero-order valence-electron chi connectivity index (χ0n) is 16.3. The molecule has 0 unspecified atom stereocenters. The first-order valence-corrected chi connectivity index (χ1v) is 9.42. The first-order valence-electron chi connectivity index (χ1n) is 9.42. The Labute approximate surface area is 163 Å². The Morgan fingerprint density at radius 2 is 1.79 bits per heavy atom. The molecule has 0 bridgehead atoms. The molecule has 5 nitrogen and oxygen atoms in total. The summed E-state index contributed by atoms with van der Waals surface area (Å²) in [6, 6.07) is 17.5. The third-order valence-corrected chi connectivity index (χ3v) is 4.87. The molecule has 2 aromatic heterocycles. The summed E-state index contributed by atoms with van der Waals surface area (Å²) in [5.74, 6) is 1.05. The zero-order chi connectivity index (χ0) is 19.7. The topological polar surface area (TPSA) is 59.9 Å². The Hall–Kier alpha value is -3.34. The van der Waals surface area contributed by atoms with Gasteiger partial charge in [0.25, 0.3) is 0 Å². The van der Waals surface area contributed by atoms with Crippen molar-refractivity contribution >= 4 is 11.2 Å². The molecule has 0 amide bonds. The van der Waals surface area contributed by atoms with Gasteiger partial charge in [-0.3, -0.25) is 0 Å². The summed E-state index contributed by atoms with van der Waals surface area (Å²) in [6.07, 6.45) is 1.83. The van der Waals surface area contributed by atoms with Gasteiger partial charge in [-0.05, 0) is 53.8 Å². The second-order valence-corrected chi connectivity index (χ2v) is 7.24. The summed E-state index contributed by atoms with van der Waals surface area (Å²) < 4.78 is 7.45. The van der Waals surface area contributed by atoms with E-state index in [0.29, 0.717) is 18.2 Å². The van der Waals surface area contributed by atoms with Gasteiger partial charge in [-0.2, -0.15) is 0 Å². The van der Waals surface area contributed by atoms with Gasteiger partial charge in [-0.25, -0.2) is 14.3 Å². The average Bonchev–Trinajstić information content (AvgIpc) is 3.02. The van der Waals surface area contributed by atoms with Crippen LogP contribution < -0.4 is 10.4 Å². The Morgan fingerprint density at radius 3 is 2.46 bits per heavy atom. The van der Waals surface area contributed by atoms with Crippen LogP contribution in [0.15, 0.2) is 65.6 Å². The van der Waals surface area contributed by atoms with Crippen molar-refractivity contribution in [2.45, 2.75) is 33.3 Å². The molecule has 5 heteroatoms. The van der Waals surface area contributed by atoms with E-state index in [-0.39, 0.29) is 5.69 Å². The highest BCUT2D eigenvalue weighted by atomic mass is 16.5. The monoisotopic (exact) mass is 373 g/mol. The molecule has 2 aromatic carbocycles. The van der Waals surface area contributed by atoms with Crippen molar-refractivity contribution in [2.24, 2.45) is 0 Å². The second kappa shape index (κ2) is 7.35. The molecule has 0 aliphatic heterocycles. The van der Waals surface area contributed by atoms with E-state index in [4.69, 9.17) is 4.74 Å². The molecule has 0 aliphatic rings. The highest BCUT2D eigenvalue weighted by Gasteiger charge is 2.17. The number of aromatic amines is 1. The summed E-state index contributed by atoms with van der Waals surface area (Å²) in [5.41, 5.74) is 5.36. The first kappa shape index (κ1) is 18.0. The molecule has 28 heavy (non-hydrogen) atoms. The zero-order valence-corrected chi connectivity index (χ0v) is 16.3. The minimum absolute atomic E-state index is 0.187. The molecule has 4 aromatic rings. The van der Waals surface area contributed by atoms with E-state index in [0.717, 1.165) is 33.6 Å². The lowest BCUT2D eigenvalue weighted by Crippen LogP contribution is -2.14. The predicted octanol–water partition coefficient (Wildman–Crippen LogP) is 4.72. The SMILES string of the molecule is Cc1cnc2c([nH]c(=O)n2-c2ccc(OCc3ccccc3)cc2)c1C(C)C. The number of ether oxygens (including phenoxy) is 1. The van der Waals surface area contributed by atoms with Crippen molar-refractivity contribution in [1.29, 1.82) is 0 Å². The van der Waals surface area contributed by atoms with Crippen molar-refractivity contribution in [2.75, 3.05) is 0 Å². The Kier molecular flexibility index (Phi) is 4.74. The number of pyridine rings is 1. The molecule has 4 rings (SSSR count). The van der Waals surface area contributed by atoms with Crippen LogP contribution in [0.25, 0.3) is 16.9 Å². The van der Waals surface area contributed by atoms with E-state index >= 15 is 0 Å². The van der Waals surface area contributed by atoms with Gasteiger partial charge in [-0.1, -0.05) is 44.2 Å². The summed E-state index contributed by atoms with van der Waals surface area (Å²) in [4.78, 5) is 20.2. The van der Waals surface area contributed by atoms with Gasteiger partial charge in [-0.15, -0.1) is 0 Å². The maximum absolute atomic E-state index is 12.7. The molecule has 2 heterocycles. The van der Waals surface area contributed by atoms with E-state index in [2.05, 4.69) is 23.8 Å². The van der Waals surface area contributed by atoms with Crippen LogP contribution in [0.5, 0.6) is 5.75 Å². The fraction of sp³-hybridized carbons (Fsp3) is 0.217. The quantitative estimate of drug-likeness (QED) is 0.550. The van der Waals surface area contributed by atoms with Gasteiger partial charge in [0, 0.05) is 6.20 Å². The summed E-state index contributed by atoms with van der Waals surface area (Å²) >= 11 is 0. The molecular formula is C23H23N3O2. The third kappa shape index (κ3) is 3.31. The number of aryl methyl sites for hydroxylation is 1. The molecule has 142 valence electrons. The van der Waals surface area contributed by atoms with Gasteiger partial charge in [0.15, 0.2) is 5.65 Å². The Morgan fingerprint density at radius 1 is 1.07 bits per heavy atom. The fourth-order valence-corrected chi connectivity index (χ4v) is 3.58. The lowest BCUT2D eigenvalue weighted by Gasteiger charge is -2.11. The van der Waals surface area contributed by atoms with Crippen molar-refractivity contribution in [3.05, 3.63) is 88.0 Å². The lowest BCUT2D eigenvalue weighted by atomic mass is 9.99. The number of fused-ring (bicyclic) bond motifs is 1. The van der Waals surface area contributed by atoms with Gasteiger partial charge < -0.3 is 9.72 Å². The van der Waals surface area contributed by atoms with Gasteiger partial charge in [0.2, 0.25) is 0 Å². The van der Waals surface area contributed by atoms with Crippen molar-refractivity contribution in [1.82, 2.24) is 14.5 Å². The van der Waals surface area contributed by atoms with E-state index in [1.807, 2.05) is 67.7 Å². The minimum Gasteiger partial charge on any atom is -0.489 e. The van der Waals surface area contributed by atoms with Gasteiger partial charge >= 0.3 is 5.69 Å². The van der Waals surface area contributed by atoms with Gasteiger partial charge in [0.05, 0.1) is 11.2 Å². The molecule has 0 saturated heterocycles. The highest BCUT2D eigenvalue weighted by molar-refractivity contribution is 5.78. The highest BCUT2D eigenvalue weighted by Crippen LogP contribution is 2.26. The fourth-order valence-electron chi connectivity index (χ4n) is 3.58. The average molecular weight is 373 g/mol. The Balaban J connectivity index is 1.66. The van der Waals surface area contributed by atoms with E-state index < -0.39 is 0 Å². The molecule has 0 saturated carbocycles. The molecule has 0 spiro atoms. The van der Waals surface area contributed by atoms with Crippen LogP contribution in [0.1, 0.15) is 36.5 Å². The number of nitrogens with one attached hydrogen (secondary N) is 1. The predicted molar refractivity (Wildman–Crippen MR) is 111 cm³/mol. The summed E-state index contributed by atoms with van der Waals surface area (Å²) in [6.45, 7) is 6.77. The summed E-state index contributed by atoms with van der Waals surface area (Å²) in [5, 5.41) is 0. The number of H-pyrrole nitrogens is 1. The number of rotatable bonds is 5. The van der Waals surface area contributed by atoms with E-state index in [1.165, 1.54) is 0 Å². The maximum atomic E-state index is 12.7. The molecular weight excluding hydrogens is 350 g/mol. The smallest absolute Gasteiger partial charge is 0.332 e. The number of nitrogens with zero attached hydrogens (tertiary/aromatic N) is 2. The van der Waals surface area contributed by atoms with Crippen molar-refractivity contribution in [3.63, 3.8) is 0 Å². The van der Waals surface area contributed by atoms with E-state index in [9.17, 15) is 4.79 Å². The van der Waals surface area contributed by atoms with E-state index in [1.54, 1.807) is 4.57 Å². The molecule has 0 atom stereocenters. The van der Waals surface area contributed by atoms with Crippen LogP contribution >= 0.6 is 0 Å². The van der Waals surface area contributed by atoms with Crippen molar-refractivity contribution < 1.29 is 4.74 Å². The summed E-state index contributed by atoms with van der Waals surface area (Å²) in [7, 11) is 0. The maximum Gasteiger partial charge on any atom is 0.332 e. The number of benzene rings is 2. The van der Waals surface area contributed by atoms with Crippen LogP contribution in [0, 0.1) is 6.92 Å². The number of imidazole rings is 1. The standard InChI is InChI=1S/C23H23N3O2/c1-15(2)20-16(3)13-24-22-21(20)25-23(27)26(22)18-9-11-19(12-10-18)28-14-17-7-5-4-6-8-17/h4-13,15H,14H2,1-3H3,(H,25,27). The normalized spacial score (nSPS) is 11.3. The minimum atomic E-state index is -0.187. The largest absolute Gasteiger partial charge is 0.489 e. The first-order chi connectivity index (χ1) is 13.5.